The van der Waals surface area contributed by atoms with Crippen LogP contribution < -0.4 is 10.1 Å². The van der Waals surface area contributed by atoms with Crippen LogP contribution in [0.25, 0.3) is 11.1 Å². The summed E-state index contributed by atoms with van der Waals surface area (Å²) in [7, 11) is 0. The molecule has 0 radical (unpaired) electrons. The van der Waals surface area contributed by atoms with Crippen molar-refractivity contribution in [3.63, 3.8) is 0 Å². The first-order valence-corrected chi connectivity index (χ1v) is 10.5. The number of unbranched alkanes of at least 4 members (excludes halogenated alkanes) is 4. The Hall–Kier alpha value is -2.74. The average molecular weight is 374 g/mol. The van der Waals surface area contributed by atoms with Crippen molar-refractivity contribution in [2.75, 3.05) is 11.9 Å². The second-order valence-corrected chi connectivity index (χ2v) is 7.21. The van der Waals surface area contributed by atoms with E-state index in [1.165, 1.54) is 42.4 Å². The molecule has 0 amide bonds. The highest BCUT2D eigenvalue weighted by Gasteiger charge is 2.00. The van der Waals surface area contributed by atoms with E-state index in [1.54, 1.807) is 0 Å². The van der Waals surface area contributed by atoms with Gasteiger partial charge >= 0.3 is 0 Å². The van der Waals surface area contributed by atoms with Crippen LogP contribution >= 0.6 is 0 Å². The molecule has 0 spiro atoms. The lowest BCUT2D eigenvalue weighted by molar-refractivity contribution is 0.304. The van der Waals surface area contributed by atoms with Crippen molar-refractivity contribution >= 4 is 5.69 Å². The molecule has 0 saturated heterocycles. The van der Waals surface area contributed by atoms with Crippen molar-refractivity contribution in [2.45, 2.75) is 45.6 Å². The Morgan fingerprint density at radius 1 is 0.714 bits per heavy atom. The minimum Gasteiger partial charge on any atom is -0.494 e. The lowest BCUT2D eigenvalue weighted by Crippen LogP contribution is -2.01. The molecule has 0 aliphatic rings. The van der Waals surface area contributed by atoms with Gasteiger partial charge in [0.25, 0.3) is 0 Å². The number of nitrogens with one attached hydrogen (secondary N) is 1. The van der Waals surface area contributed by atoms with Gasteiger partial charge in [-0.2, -0.15) is 0 Å². The molecule has 0 heterocycles. The zero-order chi connectivity index (χ0) is 19.4. The Labute approximate surface area is 169 Å². The standard InChI is InChI=1S/C26H31NO/c1-2-3-4-5-9-19-28-26-14-10-13-25(20-26)27-21-22-15-17-24(18-16-22)23-11-7-6-8-12-23/h6-8,10-18,20,27H,2-5,9,19,21H2,1H3. The normalized spacial score (nSPS) is 10.6. The van der Waals surface area contributed by atoms with Crippen LogP contribution in [0.5, 0.6) is 5.75 Å². The van der Waals surface area contributed by atoms with Gasteiger partial charge < -0.3 is 10.1 Å². The molecular weight excluding hydrogens is 342 g/mol. The van der Waals surface area contributed by atoms with Crippen LogP contribution in [-0.4, -0.2) is 6.61 Å². The van der Waals surface area contributed by atoms with Crippen LogP contribution in [0.1, 0.15) is 44.6 Å². The lowest BCUT2D eigenvalue weighted by atomic mass is 10.0. The molecule has 2 heteroatoms. The molecule has 0 saturated carbocycles. The summed E-state index contributed by atoms with van der Waals surface area (Å²) in [6, 6.07) is 27.5. The van der Waals surface area contributed by atoms with Crippen molar-refractivity contribution in [1.82, 2.24) is 0 Å². The number of anilines is 1. The van der Waals surface area contributed by atoms with Crippen molar-refractivity contribution in [3.8, 4) is 16.9 Å². The van der Waals surface area contributed by atoms with Gasteiger partial charge in [-0.3, -0.25) is 0 Å². The van der Waals surface area contributed by atoms with E-state index in [9.17, 15) is 0 Å². The summed E-state index contributed by atoms with van der Waals surface area (Å²) in [5.74, 6) is 0.944. The lowest BCUT2D eigenvalue weighted by Gasteiger charge is -2.10. The molecule has 0 aromatic heterocycles. The van der Waals surface area contributed by atoms with E-state index >= 15 is 0 Å². The van der Waals surface area contributed by atoms with Crippen LogP contribution in [0.2, 0.25) is 0 Å². The van der Waals surface area contributed by atoms with E-state index in [0.717, 1.165) is 31.0 Å². The fraction of sp³-hybridized carbons (Fsp3) is 0.308. The maximum Gasteiger partial charge on any atom is 0.121 e. The third-order valence-corrected chi connectivity index (χ3v) is 4.91. The summed E-state index contributed by atoms with van der Waals surface area (Å²) in [6.45, 7) is 3.84. The van der Waals surface area contributed by atoms with Gasteiger partial charge in [0.1, 0.15) is 5.75 Å². The van der Waals surface area contributed by atoms with Gasteiger partial charge in [-0.15, -0.1) is 0 Å². The van der Waals surface area contributed by atoms with Gasteiger partial charge in [-0.05, 0) is 35.2 Å². The number of hydrogen-bond donors (Lipinski definition) is 1. The highest BCUT2D eigenvalue weighted by atomic mass is 16.5. The first-order valence-electron chi connectivity index (χ1n) is 10.5. The maximum atomic E-state index is 5.90. The molecule has 2 nitrogen and oxygen atoms in total. The van der Waals surface area contributed by atoms with E-state index in [4.69, 9.17) is 4.74 Å². The summed E-state index contributed by atoms with van der Waals surface area (Å²) in [6.07, 6.45) is 6.30. The summed E-state index contributed by atoms with van der Waals surface area (Å²) >= 11 is 0. The van der Waals surface area contributed by atoms with E-state index in [-0.39, 0.29) is 0 Å². The van der Waals surface area contributed by atoms with Gasteiger partial charge in [-0.1, -0.05) is 93.3 Å². The molecule has 0 aliphatic heterocycles. The minimum absolute atomic E-state index is 0.800. The van der Waals surface area contributed by atoms with Gasteiger partial charge in [0, 0.05) is 18.3 Å². The third-order valence-electron chi connectivity index (χ3n) is 4.91. The minimum atomic E-state index is 0.800. The summed E-state index contributed by atoms with van der Waals surface area (Å²) in [4.78, 5) is 0. The number of benzene rings is 3. The number of rotatable bonds is 11. The van der Waals surface area contributed by atoms with Crippen molar-refractivity contribution in [1.29, 1.82) is 0 Å². The molecule has 0 bridgehead atoms. The molecule has 3 rings (SSSR count). The molecule has 0 aliphatic carbocycles. The fourth-order valence-electron chi connectivity index (χ4n) is 3.24. The zero-order valence-electron chi connectivity index (χ0n) is 16.9. The average Bonchev–Trinajstić information content (AvgIpc) is 2.76. The molecule has 3 aromatic carbocycles. The van der Waals surface area contributed by atoms with E-state index in [0.29, 0.717) is 0 Å². The first kappa shape index (κ1) is 20.0. The highest BCUT2D eigenvalue weighted by Crippen LogP contribution is 2.21. The predicted octanol–water partition coefficient (Wildman–Crippen LogP) is 7.31. The summed E-state index contributed by atoms with van der Waals surface area (Å²) in [5, 5.41) is 3.50. The second kappa shape index (κ2) is 11.2. The quantitative estimate of drug-likeness (QED) is 0.356. The molecule has 3 aromatic rings. The van der Waals surface area contributed by atoms with Crippen LogP contribution in [0.4, 0.5) is 5.69 Å². The maximum absolute atomic E-state index is 5.90. The second-order valence-electron chi connectivity index (χ2n) is 7.21. The van der Waals surface area contributed by atoms with E-state index < -0.39 is 0 Å². The van der Waals surface area contributed by atoms with E-state index in [2.05, 4.69) is 72.9 Å². The SMILES string of the molecule is CCCCCCCOc1cccc(NCc2ccc(-c3ccccc3)cc2)c1. The van der Waals surface area contributed by atoms with Crippen molar-refractivity contribution in [3.05, 3.63) is 84.4 Å². The van der Waals surface area contributed by atoms with Gasteiger partial charge in [0.15, 0.2) is 0 Å². The van der Waals surface area contributed by atoms with Crippen LogP contribution in [0, 0.1) is 0 Å². The van der Waals surface area contributed by atoms with Crippen LogP contribution in [0.3, 0.4) is 0 Å². The fourth-order valence-corrected chi connectivity index (χ4v) is 3.24. The monoisotopic (exact) mass is 373 g/mol. The largest absolute Gasteiger partial charge is 0.494 e. The van der Waals surface area contributed by atoms with Gasteiger partial charge in [-0.25, -0.2) is 0 Å². The molecule has 0 atom stereocenters. The Morgan fingerprint density at radius 3 is 2.25 bits per heavy atom. The van der Waals surface area contributed by atoms with Crippen molar-refractivity contribution in [2.24, 2.45) is 0 Å². The molecule has 0 fully saturated rings. The molecular formula is C26H31NO. The van der Waals surface area contributed by atoms with E-state index in [1.807, 2.05) is 18.2 Å². The Kier molecular flexibility index (Phi) is 7.99. The van der Waals surface area contributed by atoms with Gasteiger partial charge in [0.2, 0.25) is 0 Å². The third kappa shape index (κ3) is 6.45. The number of ether oxygens (including phenoxy) is 1. The zero-order valence-corrected chi connectivity index (χ0v) is 16.9. The molecule has 0 unspecified atom stereocenters. The predicted molar refractivity (Wildman–Crippen MR) is 120 cm³/mol. The topological polar surface area (TPSA) is 21.3 Å². The molecule has 1 N–H and O–H groups in total. The summed E-state index contributed by atoms with van der Waals surface area (Å²) in [5.41, 5.74) is 4.86. The summed E-state index contributed by atoms with van der Waals surface area (Å²) < 4.78 is 5.90. The first-order chi connectivity index (χ1) is 13.8. The Bertz CT molecular complexity index is 811. The Morgan fingerprint density at radius 2 is 1.46 bits per heavy atom. The van der Waals surface area contributed by atoms with Gasteiger partial charge in [0.05, 0.1) is 6.61 Å². The van der Waals surface area contributed by atoms with Crippen molar-refractivity contribution < 1.29 is 4.74 Å². The molecule has 28 heavy (non-hydrogen) atoms. The smallest absolute Gasteiger partial charge is 0.121 e. The van der Waals surface area contributed by atoms with Crippen LogP contribution in [0.15, 0.2) is 78.9 Å². The molecule has 146 valence electrons. The highest BCUT2D eigenvalue weighted by molar-refractivity contribution is 5.63. The number of hydrogen-bond acceptors (Lipinski definition) is 2. The van der Waals surface area contributed by atoms with Crippen LogP contribution in [-0.2, 0) is 6.54 Å². The Balaban J connectivity index is 1.46.